The van der Waals surface area contributed by atoms with Gasteiger partial charge in [-0.2, -0.15) is 8.42 Å². The number of nitrogens with one attached hydrogen (secondary N) is 1. The van der Waals surface area contributed by atoms with Crippen molar-refractivity contribution in [3.05, 3.63) is 70.3 Å². The quantitative estimate of drug-likeness (QED) is 0.238. The van der Waals surface area contributed by atoms with Crippen LogP contribution >= 0.6 is 0 Å². The van der Waals surface area contributed by atoms with Crippen molar-refractivity contribution >= 4 is 38.2 Å². The first-order valence-corrected chi connectivity index (χ1v) is 8.90. The van der Waals surface area contributed by atoms with Crippen LogP contribution in [0.15, 0.2) is 59.5 Å². The standard InChI is InChI=1S/C17H12N2O7S.Na.H/c20-14-6-2-5-12-15(27(24,25)26)8-7-13(16(12)14)18-17(21)10-3-1-4-11(9-10)19(22)23;;/h1-9,20H,(H,18,21)(H,24,25,26);;/q;+1;-1. The molecule has 0 fully saturated rings. The van der Waals surface area contributed by atoms with Gasteiger partial charge in [0.25, 0.3) is 21.7 Å². The molecule has 0 spiro atoms. The molecule has 3 aromatic carbocycles. The van der Waals surface area contributed by atoms with Gasteiger partial charge in [0.2, 0.25) is 0 Å². The van der Waals surface area contributed by atoms with E-state index in [-0.39, 0.29) is 64.4 Å². The Kier molecular flexibility index (Phi) is 6.42. The Morgan fingerprint density at radius 1 is 1.11 bits per heavy atom. The molecule has 0 atom stereocenters. The molecule has 9 nitrogen and oxygen atoms in total. The minimum Gasteiger partial charge on any atom is -1.00 e. The van der Waals surface area contributed by atoms with Crippen LogP contribution in [0.2, 0.25) is 0 Å². The van der Waals surface area contributed by atoms with Crippen LogP contribution in [0.1, 0.15) is 11.8 Å². The maximum Gasteiger partial charge on any atom is 1.00 e. The van der Waals surface area contributed by atoms with E-state index in [9.17, 15) is 33.0 Å². The Labute approximate surface area is 182 Å². The first-order valence-electron chi connectivity index (χ1n) is 7.46. The molecule has 28 heavy (non-hydrogen) atoms. The van der Waals surface area contributed by atoms with Gasteiger partial charge in [0.1, 0.15) is 10.6 Å². The van der Waals surface area contributed by atoms with Crippen LogP contribution < -0.4 is 34.9 Å². The third kappa shape index (κ3) is 4.32. The van der Waals surface area contributed by atoms with E-state index in [0.29, 0.717) is 0 Å². The van der Waals surface area contributed by atoms with Crippen molar-refractivity contribution in [2.75, 3.05) is 5.32 Å². The number of carbonyl (C=O) groups is 1. The number of nitro groups is 1. The molecule has 1 amide bonds. The summed E-state index contributed by atoms with van der Waals surface area (Å²) in [6.07, 6.45) is 0. The van der Waals surface area contributed by atoms with Gasteiger partial charge >= 0.3 is 29.6 Å². The van der Waals surface area contributed by atoms with Crippen LogP contribution in [-0.4, -0.2) is 28.9 Å². The second kappa shape index (κ2) is 8.25. The molecule has 0 unspecified atom stereocenters. The van der Waals surface area contributed by atoms with Gasteiger partial charge in [0.05, 0.1) is 10.6 Å². The zero-order chi connectivity index (χ0) is 19.8. The molecule has 0 saturated carbocycles. The molecule has 0 saturated heterocycles. The number of anilines is 1. The number of benzene rings is 3. The molecule has 0 aromatic heterocycles. The second-order valence-electron chi connectivity index (χ2n) is 5.55. The smallest absolute Gasteiger partial charge is 1.00 e. The number of nitrogens with zero attached hydrogens (tertiary/aromatic N) is 1. The average molecular weight is 412 g/mol. The molecule has 0 radical (unpaired) electrons. The van der Waals surface area contributed by atoms with E-state index in [4.69, 9.17) is 0 Å². The largest absolute Gasteiger partial charge is 1.00 e. The fourth-order valence-corrected chi connectivity index (χ4v) is 3.33. The molecule has 0 aliphatic heterocycles. The number of hydrogen-bond acceptors (Lipinski definition) is 6. The van der Waals surface area contributed by atoms with Gasteiger partial charge in [-0.15, -0.1) is 0 Å². The van der Waals surface area contributed by atoms with Crippen molar-refractivity contribution < 1.29 is 58.8 Å². The van der Waals surface area contributed by atoms with Crippen LogP contribution in [0.25, 0.3) is 10.8 Å². The number of hydrogen-bond donors (Lipinski definition) is 3. The zero-order valence-electron chi connectivity index (χ0n) is 15.5. The fraction of sp³-hybridized carbons (Fsp3) is 0. The summed E-state index contributed by atoms with van der Waals surface area (Å²) >= 11 is 0. The summed E-state index contributed by atoms with van der Waals surface area (Å²) in [5.41, 5.74) is -0.185. The van der Waals surface area contributed by atoms with Crippen molar-refractivity contribution in [3.63, 3.8) is 0 Å². The predicted molar refractivity (Wildman–Crippen MR) is 97.6 cm³/mol. The van der Waals surface area contributed by atoms with Crippen LogP contribution in [0.3, 0.4) is 0 Å². The first-order chi connectivity index (χ1) is 12.7. The number of aromatic hydroxyl groups is 1. The van der Waals surface area contributed by atoms with E-state index in [1.54, 1.807) is 0 Å². The number of rotatable bonds is 4. The van der Waals surface area contributed by atoms with Gasteiger partial charge in [0.15, 0.2) is 0 Å². The number of non-ortho nitro benzene ring substituents is 1. The van der Waals surface area contributed by atoms with Crippen molar-refractivity contribution in [2.45, 2.75) is 4.90 Å². The van der Waals surface area contributed by atoms with Gasteiger partial charge in [-0.3, -0.25) is 19.5 Å². The van der Waals surface area contributed by atoms with Gasteiger partial charge in [0, 0.05) is 28.5 Å². The Bertz CT molecular complexity index is 1200. The topological polar surface area (TPSA) is 147 Å². The summed E-state index contributed by atoms with van der Waals surface area (Å²) in [7, 11) is -4.56. The zero-order valence-corrected chi connectivity index (χ0v) is 17.3. The molecule has 3 rings (SSSR count). The van der Waals surface area contributed by atoms with E-state index >= 15 is 0 Å². The van der Waals surface area contributed by atoms with E-state index in [0.717, 1.165) is 12.1 Å². The maximum absolute atomic E-state index is 12.4. The Morgan fingerprint density at radius 3 is 2.43 bits per heavy atom. The minimum absolute atomic E-state index is 0. The summed E-state index contributed by atoms with van der Waals surface area (Å²) in [6, 6.07) is 11.4. The van der Waals surface area contributed by atoms with E-state index in [1.165, 1.54) is 42.5 Å². The second-order valence-corrected chi connectivity index (χ2v) is 6.94. The monoisotopic (exact) mass is 412 g/mol. The molecular formula is C17H13N2NaO7S. The molecule has 0 bridgehead atoms. The third-order valence-electron chi connectivity index (χ3n) is 3.82. The number of carbonyl (C=O) groups excluding carboxylic acids is 1. The van der Waals surface area contributed by atoms with Crippen LogP contribution in [0.4, 0.5) is 11.4 Å². The number of fused-ring (bicyclic) bond motifs is 1. The van der Waals surface area contributed by atoms with E-state index in [1.807, 2.05) is 0 Å². The van der Waals surface area contributed by atoms with Crippen molar-refractivity contribution in [1.82, 2.24) is 0 Å². The molecular weight excluding hydrogens is 399 g/mol. The van der Waals surface area contributed by atoms with Crippen LogP contribution in [-0.2, 0) is 10.1 Å². The molecule has 3 N–H and O–H groups in total. The predicted octanol–water partition coefficient (Wildman–Crippen LogP) is 0.0691. The summed E-state index contributed by atoms with van der Waals surface area (Å²) in [5.74, 6) is -1.00. The van der Waals surface area contributed by atoms with Crippen molar-refractivity contribution in [2.24, 2.45) is 0 Å². The van der Waals surface area contributed by atoms with Gasteiger partial charge < -0.3 is 11.8 Å². The number of phenolic OH excluding ortho intramolecular Hbond substituents is 1. The van der Waals surface area contributed by atoms with Gasteiger partial charge in [-0.05, 0) is 24.3 Å². The molecule has 3 aromatic rings. The summed E-state index contributed by atoms with van der Waals surface area (Å²) in [5, 5.41) is 23.5. The van der Waals surface area contributed by atoms with Crippen molar-refractivity contribution in [1.29, 1.82) is 0 Å². The third-order valence-corrected chi connectivity index (χ3v) is 4.74. The maximum atomic E-state index is 12.4. The van der Waals surface area contributed by atoms with Gasteiger partial charge in [-0.25, -0.2) is 0 Å². The Hall–Kier alpha value is -2.50. The first kappa shape index (κ1) is 21.8. The normalized spacial score (nSPS) is 10.9. The average Bonchev–Trinajstić information content (AvgIpc) is 2.61. The van der Waals surface area contributed by atoms with Crippen LogP contribution in [0, 0.1) is 10.1 Å². The van der Waals surface area contributed by atoms with E-state index < -0.39 is 25.8 Å². The summed E-state index contributed by atoms with van der Waals surface area (Å²) < 4.78 is 32.4. The Morgan fingerprint density at radius 2 is 1.79 bits per heavy atom. The number of nitro benzene ring substituents is 1. The summed E-state index contributed by atoms with van der Waals surface area (Å²) in [6.45, 7) is 0. The number of amides is 1. The molecule has 0 aliphatic carbocycles. The molecule has 0 aliphatic rings. The van der Waals surface area contributed by atoms with Gasteiger partial charge in [-0.1, -0.05) is 18.2 Å². The number of phenols is 1. The Balaban J connectivity index is 0.00000210. The molecule has 140 valence electrons. The van der Waals surface area contributed by atoms with Crippen LogP contribution in [0.5, 0.6) is 5.75 Å². The minimum atomic E-state index is -4.56. The molecule has 0 heterocycles. The molecule has 11 heteroatoms. The summed E-state index contributed by atoms with van der Waals surface area (Å²) in [4.78, 5) is 22.2. The van der Waals surface area contributed by atoms with Crippen molar-refractivity contribution in [3.8, 4) is 5.75 Å². The van der Waals surface area contributed by atoms with E-state index in [2.05, 4.69) is 5.32 Å². The fourth-order valence-electron chi connectivity index (χ4n) is 2.64. The SMILES string of the molecule is O=C(Nc1ccc(S(=O)(=O)O)c2cccc(O)c12)c1cccc([N+](=O)[O-])c1.[H-].[Na+].